The fourth-order valence-corrected chi connectivity index (χ4v) is 2.35. The Kier molecular flexibility index (Phi) is 4.78. The molecule has 0 saturated carbocycles. The molecule has 0 radical (unpaired) electrons. The predicted molar refractivity (Wildman–Crippen MR) is 76.5 cm³/mol. The molecule has 0 aromatic heterocycles. The third-order valence-corrected chi connectivity index (χ3v) is 3.47. The summed E-state index contributed by atoms with van der Waals surface area (Å²) in [5.74, 6) is 5.42. The lowest BCUT2D eigenvalue weighted by atomic mass is 10.0. The van der Waals surface area contributed by atoms with Gasteiger partial charge in [0.25, 0.3) is 5.91 Å². The summed E-state index contributed by atoms with van der Waals surface area (Å²) in [6.07, 6.45) is 0.988. The van der Waals surface area contributed by atoms with E-state index in [1.54, 1.807) is 12.0 Å². The number of aliphatic hydroxyl groups excluding tert-OH is 1. The third-order valence-electron chi connectivity index (χ3n) is 3.47. The maximum atomic E-state index is 12.6. The number of ether oxygens (including phenoxy) is 1. The molecular weight excluding hydrogens is 254 g/mol. The second-order valence-electron chi connectivity index (χ2n) is 4.91. The maximum absolute atomic E-state index is 12.6. The van der Waals surface area contributed by atoms with Crippen LogP contribution in [0, 0.1) is 18.8 Å². The summed E-state index contributed by atoms with van der Waals surface area (Å²) in [5.41, 5.74) is 2.28. The minimum atomic E-state index is -0.211. The molecule has 1 heterocycles. The van der Waals surface area contributed by atoms with E-state index in [-0.39, 0.29) is 18.6 Å². The Morgan fingerprint density at radius 1 is 1.55 bits per heavy atom. The Labute approximate surface area is 119 Å². The lowest BCUT2D eigenvalue weighted by Gasteiger charge is -2.17. The zero-order chi connectivity index (χ0) is 14.5. The second kappa shape index (κ2) is 6.56. The molecule has 4 heteroatoms. The number of benzene rings is 1. The number of carbonyl (C=O) groups is 1. The van der Waals surface area contributed by atoms with Gasteiger partial charge < -0.3 is 14.7 Å². The van der Waals surface area contributed by atoms with Crippen molar-refractivity contribution in [3.05, 3.63) is 34.9 Å². The largest absolute Gasteiger partial charge is 0.384 e. The molecule has 1 N–H and O–H groups in total. The Morgan fingerprint density at radius 2 is 2.35 bits per heavy atom. The molecule has 1 saturated heterocycles. The van der Waals surface area contributed by atoms with Crippen LogP contribution in [-0.4, -0.2) is 48.8 Å². The third kappa shape index (κ3) is 3.19. The van der Waals surface area contributed by atoms with E-state index in [9.17, 15) is 4.79 Å². The van der Waals surface area contributed by atoms with Crippen LogP contribution in [-0.2, 0) is 4.74 Å². The van der Waals surface area contributed by atoms with Crippen LogP contribution >= 0.6 is 0 Å². The molecule has 4 nitrogen and oxygen atoms in total. The van der Waals surface area contributed by atoms with Crippen LogP contribution in [0.3, 0.4) is 0 Å². The van der Waals surface area contributed by atoms with Gasteiger partial charge in [-0.2, -0.15) is 0 Å². The lowest BCUT2D eigenvalue weighted by molar-refractivity contribution is 0.0724. The van der Waals surface area contributed by atoms with Crippen molar-refractivity contribution < 1.29 is 14.6 Å². The number of amides is 1. The average molecular weight is 273 g/mol. The Balaban J connectivity index is 2.27. The van der Waals surface area contributed by atoms with Crippen LogP contribution in [0.4, 0.5) is 0 Å². The molecule has 1 aliphatic rings. The molecule has 0 bridgehead atoms. The van der Waals surface area contributed by atoms with Gasteiger partial charge in [0.1, 0.15) is 6.61 Å². The summed E-state index contributed by atoms with van der Waals surface area (Å²) < 4.78 is 5.29. The first-order valence-corrected chi connectivity index (χ1v) is 6.68. The zero-order valence-corrected chi connectivity index (χ0v) is 11.8. The molecule has 1 atom stereocenters. The Bertz CT molecular complexity index is 557. The fourth-order valence-electron chi connectivity index (χ4n) is 2.35. The maximum Gasteiger partial charge on any atom is 0.255 e. The summed E-state index contributed by atoms with van der Waals surface area (Å²) in [7, 11) is 1.67. The second-order valence-corrected chi connectivity index (χ2v) is 4.91. The highest BCUT2D eigenvalue weighted by molar-refractivity contribution is 5.97. The van der Waals surface area contributed by atoms with E-state index in [4.69, 9.17) is 9.84 Å². The molecule has 1 aromatic carbocycles. The minimum absolute atomic E-state index is 0.0181. The van der Waals surface area contributed by atoms with Gasteiger partial charge in [0.15, 0.2) is 0 Å². The van der Waals surface area contributed by atoms with Crippen molar-refractivity contribution in [2.24, 2.45) is 0 Å². The van der Waals surface area contributed by atoms with Gasteiger partial charge in [-0.15, -0.1) is 0 Å². The number of nitrogens with zero attached hydrogens (tertiary/aromatic N) is 1. The van der Waals surface area contributed by atoms with Crippen LogP contribution in [0.1, 0.15) is 27.9 Å². The van der Waals surface area contributed by atoms with Crippen molar-refractivity contribution in [1.29, 1.82) is 0 Å². The summed E-state index contributed by atoms with van der Waals surface area (Å²) in [5, 5.41) is 8.80. The van der Waals surface area contributed by atoms with Crippen molar-refractivity contribution in [3.8, 4) is 11.8 Å². The number of hydrogen-bond donors (Lipinski definition) is 1. The van der Waals surface area contributed by atoms with Crippen LogP contribution in [0.5, 0.6) is 0 Å². The topological polar surface area (TPSA) is 49.8 Å². The van der Waals surface area contributed by atoms with Gasteiger partial charge in [-0.05, 0) is 25.5 Å². The molecule has 0 spiro atoms. The van der Waals surface area contributed by atoms with E-state index in [1.165, 1.54) is 0 Å². The van der Waals surface area contributed by atoms with E-state index in [0.29, 0.717) is 24.2 Å². The molecule has 1 aromatic rings. The van der Waals surface area contributed by atoms with E-state index >= 15 is 0 Å². The van der Waals surface area contributed by atoms with Gasteiger partial charge in [0, 0.05) is 25.8 Å². The number of methoxy groups -OCH3 is 1. The minimum Gasteiger partial charge on any atom is -0.384 e. The van der Waals surface area contributed by atoms with Gasteiger partial charge in [-0.1, -0.05) is 23.5 Å². The molecule has 1 fully saturated rings. The molecule has 1 unspecified atom stereocenters. The van der Waals surface area contributed by atoms with Crippen LogP contribution in [0.2, 0.25) is 0 Å². The first kappa shape index (κ1) is 14.6. The van der Waals surface area contributed by atoms with Crippen molar-refractivity contribution in [1.82, 2.24) is 4.90 Å². The molecule has 0 aliphatic carbocycles. The summed E-state index contributed by atoms with van der Waals surface area (Å²) in [4.78, 5) is 14.4. The summed E-state index contributed by atoms with van der Waals surface area (Å²) in [6.45, 7) is 3.06. The average Bonchev–Trinajstić information content (AvgIpc) is 2.94. The Hall–Kier alpha value is -1.83. The zero-order valence-electron chi connectivity index (χ0n) is 11.8. The normalized spacial score (nSPS) is 17.8. The summed E-state index contributed by atoms with van der Waals surface area (Å²) in [6, 6.07) is 5.60. The molecule has 106 valence electrons. The molecule has 2 rings (SSSR count). The molecule has 20 heavy (non-hydrogen) atoms. The smallest absolute Gasteiger partial charge is 0.255 e. The summed E-state index contributed by atoms with van der Waals surface area (Å²) >= 11 is 0. The van der Waals surface area contributed by atoms with Crippen molar-refractivity contribution in [2.75, 3.05) is 26.8 Å². The SMILES string of the molecule is COC1CCN(C(=O)c2cc(C)ccc2C#CCO)C1. The lowest BCUT2D eigenvalue weighted by Crippen LogP contribution is -2.30. The first-order valence-electron chi connectivity index (χ1n) is 6.68. The number of hydrogen-bond acceptors (Lipinski definition) is 3. The molecule has 1 aliphatic heterocycles. The van der Waals surface area contributed by atoms with Crippen LogP contribution in [0.25, 0.3) is 0 Å². The number of carbonyl (C=O) groups excluding carboxylic acids is 1. The van der Waals surface area contributed by atoms with E-state index in [0.717, 1.165) is 12.0 Å². The van der Waals surface area contributed by atoms with Gasteiger partial charge in [-0.25, -0.2) is 0 Å². The van der Waals surface area contributed by atoms with Crippen molar-refractivity contribution >= 4 is 5.91 Å². The number of rotatable bonds is 2. The highest BCUT2D eigenvalue weighted by Gasteiger charge is 2.27. The van der Waals surface area contributed by atoms with Gasteiger partial charge in [0.05, 0.1) is 11.7 Å². The number of aliphatic hydroxyl groups is 1. The van der Waals surface area contributed by atoms with Crippen molar-refractivity contribution in [3.63, 3.8) is 0 Å². The number of likely N-dealkylation sites (tertiary alicyclic amines) is 1. The standard InChI is InChI=1S/C16H19NO3/c1-12-5-6-13(4-3-9-18)15(10-12)16(19)17-8-7-14(11-17)20-2/h5-6,10,14,18H,7-9,11H2,1-2H3. The van der Waals surface area contributed by atoms with E-state index in [1.807, 2.05) is 25.1 Å². The molecular formula is C16H19NO3. The highest BCUT2D eigenvalue weighted by Crippen LogP contribution is 2.18. The number of aryl methyl sites for hydroxylation is 1. The van der Waals surface area contributed by atoms with Gasteiger partial charge >= 0.3 is 0 Å². The quantitative estimate of drug-likeness (QED) is 0.824. The van der Waals surface area contributed by atoms with Crippen LogP contribution < -0.4 is 0 Å². The monoisotopic (exact) mass is 273 g/mol. The van der Waals surface area contributed by atoms with Gasteiger partial charge in [-0.3, -0.25) is 4.79 Å². The Morgan fingerprint density at radius 3 is 3.00 bits per heavy atom. The van der Waals surface area contributed by atoms with Gasteiger partial charge in [0.2, 0.25) is 0 Å². The fraction of sp³-hybridized carbons (Fsp3) is 0.438. The first-order chi connectivity index (χ1) is 9.65. The predicted octanol–water partition coefficient (Wildman–Crippen LogP) is 1.20. The van der Waals surface area contributed by atoms with Crippen molar-refractivity contribution in [2.45, 2.75) is 19.4 Å². The van der Waals surface area contributed by atoms with E-state index in [2.05, 4.69) is 11.8 Å². The van der Waals surface area contributed by atoms with E-state index < -0.39 is 0 Å². The molecule has 1 amide bonds. The van der Waals surface area contributed by atoms with Crippen LogP contribution in [0.15, 0.2) is 18.2 Å². The highest BCUT2D eigenvalue weighted by atomic mass is 16.5.